The van der Waals surface area contributed by atoms with Gasteiger partial charge in [0.2, 0.25) is 5.82 Å². The average Bonchev–Trinajstić information content (AvgIpc) is 3.08. The Morgan fingerprint density at radius 1 is 1.00 bits per heavy atom. The second-order valence-electron chi connectivity index (χ2n) is 6.50. The van der Waals surface area contributed by atoms with Crippen LogP contribution >= 0.6 is 0 Å². The van der Waals surface area contributed by atoms with E-state index in [0.717, 1.165) is 16.7 Å². The number of aryl methyl sites for hydroxylation is 2. The van der Waals surface area contributed by atoms with Gasteiger partial charge in [-0.1, -0.05) is 5.16 Å². The Morgan fingerprint density at radius 2 is 1.65 bits per heavy atom. The van der Waals surface area contributed by atoms with E-state index < -0.39 is 11.8 Å². The van der Waals surface area contributed by atoms with Crippen molar-refractivity contribution >= 4 is 5.97 Å². The molecule has 0 fully saturated rings. The zero-order chi connectivity index (χ0) is 19.2. The van der Waals surface area contributed by atoms with E-state index in [1.165, 1.54) is 6.07 Å². The van der Waals surface area contributed by atoms with Crippen molar-refractivity contribution in [1.82, 2.24) is 10.1 Å². The molecule has 0 aliphatic carbocycles. The Hall–Kier alpha value is -3.02. The summed E-state index contributed by atoms with van der Waals surface area (Å²) in [5.41, 5.74) is 4.77. The van der Waals surface area contributed by atoms with Crippen molar-refractivity contribution in [1.29, 1.82) is 0 Å². The lowest BCUT2D eigenvalue weighted by molar-refractivity contribution is 0.0696. The van der Waals surface area contributed by atoms with Crippen molar-refractivity contribution in [3.8, 4) is 22.8 Å². The second kappa shape index (κ2) is 6.37. The quantitative estimate of drug-likeness (QED) is 0.732. The molecule has 0 amide bonds. The van der Waals surface area contributed by atoms with E-state index in [-0.39, 0.29) is 22.8 Å². The standard InChI is InChI=1S/C20H19FN2O3/c1-9-6-14(8-15(12(9)4)20(24)25)18-22-19(26-23-18)16-7-10(2)11(3)13(5)17(16)21/h6-8H,1-5H3,(H,24,25). The summed E-state index contributed by atoms with van der Waals surface area (Å²) in [5, 5.41) is 13.3. The van der Waals surface area contributed by atoms with Crippen molar-refractivity contribution < 1.29 is 18.8 Å². The van der Waals surface area contributed by atoms with Crippen LogP contribution in [0.5, 0.6) is 0 Å². The van der Waals surface area contributed by atoms with Crippen LogP contribution in [0.25, 0.3) is 22.8 Å². The first-order valence-electron chi connectivity index (χ1n) is 8.16. The maximum atomic E-state index is 14.6. The summed E-state index contributed by atoms with van der Waals surface area (Å²) in [7, 11) is 0. The number of nitrogens with zero attached hydrogens (tertiary/aromatic N) is 2. The van der Waals surface area contributed by atoms with E-state index in [0.29, 0.717) is 16.7 Å². The molecule has 0 spiro atoms. The van der Waals surface area contributed by atoms with Gasteiger partial charge in [0.25, 0.3) is 5.89 Å². The lowest BCUT2D eigenvalue weighted by Crippen LogP contribution is -2.02. The van der Waals surface area contributed by atoms with Crippen molar-refractivity contribution in [3.05, 3.63) is 57.4 Å². The van der Waals surface area contributed by atoms with Gasteiger partial charge in [0.15, 0.2) is 0 Å². The molecule has 0 atom stereocenters. The van der Waals surface area contributed by atoms with Crippen molar-refractivity contribution in [2.75, 3.05) is 0 Å². The summed E-state index contributed by atoms with van der Waals surface area (Å²) in [6.07, 6.45) is 0. The summed E-state index contributed by atoms with van der Waals surface area (Å²) in [4.78, 5) is 15.7. The van der Waals surface area contributed by atoms with Crippen molar-refractivity contribution in [2.45, 2.75) is 34.6 Å². The van der Waals surface area contributed by atoms with Crippen LogP contribution in [0.4, 0.5) is 4.39 Å². The summed E-state index contributed by atoms with van der Waals surface area (Å²) in [5.74, 6) is -1.12. The molecule has 3 rings (SSSR count). The molecule has 3 aromatic rings. The molecule has 0 aliphatic heterocycles. The summed E-state index contributed by atoms with van der Waals surface area (Å²) in [6.45, 7) is 9.03. The van der Waals surface area contributed by atoms with Gasteiger partial charge in [-0.15, -0.1) is 0 Å². The Kier molecular flexibility index (Phi) is 4.36. The molecule has 5 nitrogen and oxygen atoms in total. The Labute approximate surface area is 150 Å². The maximum Gasteiger partial charge on any atom is 0.335 e. The van der Waals surface area contributed by atoms with Gasteiger partial charge in [-0.2, -0.15) is 4.98 Å². The fourth-order valence-electron chi connectivity index (χ4n) is 2.87. The highest BCUT2D eigenvalue weighted by molar-refractivity contribution is 5.91. The molecular formula is C20H19FN2O3. The molecule has 0 saturated carbocycles. The molecule has 134 valence electrons. The van der Waals surface area contributed by atoms with Crippen LogP contribution in [-0.2, 0) is 0 Å². The van der Waals surface area contributed by atoms with Crippen LogP contribution in [0.3, 0.4) is 0 Å². The number of carboxylic acid groups (broad SMARTS) is 1. The third kappa shape index (κ3) is 2.87. The molecule has 2 aromatic carbocycles. The van der Waals surface area contributed by atoms with Crippen LogP contribution in [0.1, 0.15) is 38.2 Å². The molecule has 1 aromatic heterocycles. The van der Waals surface area contributed by atoms with Gasteiger partial charge in [0.1, 0.15) is 5.82 Å². The molecule has 0 bridgehead atoms. The third-order valence-electron chi connectivity index (χ3n) is 4.89. The minimum atomic E-state index is -1.02. The average molecular weight is 354 g/mol. The summed E-state index contributed by atoms with van der Waals surface area (Å²) >= 11 is 0. The normalized spacial score (nSPS) is 11.0. The SMILES string of the molecule is Cc1cc(-c2noc(-c3cc(C)c(C)c(C)c3F)n2)cc(C(=O)O)c1C. The monoisotopic (exact) mass is 354 g/mol. The first-order chi connectivity index (χ1) is 12.2. The van der Waals surface area contributed by atoms with Crippen LogP contribution < -0.4 is 0 Å². The number of rotatable bonds is 3. The Morgan fingerprint density at radius 3 is 2.31 bits per heavy atom. The lowest BCUT2D eigenvalue weighted by atomic mass is 9.99. The Bertz CT molecular complexity index is 1040. The molecular weight excluding hydrogens is 335 g/mol. The minimum absolute atomic E-state index is 0.0683. The van der Waals surface area contributed by atoms with Gasteiger partial charge in [-0.25, -0.2) is 9.18 Å². The van der Waals surface area contributed by atoms with E-state index in [2.05, 4.69) is 10.1 Å². The van der Waals surface area contributed by atoms with Gasteiger partial charge in [-0.3, -0.25) is 0 Å². The molecule has 0 radical (unpaired) electrons. The number of aromatic nitrogens is 2. The van der Waals surface area contributed by atoms with Crippen LogP contribution in [-0.4, -0.2) is 21.2 Å². The minimum Gasteiger partial charge on any atom is -0.478 e. The topological polar surface area (TPSA) is 76.2 Å². The first kappa shape index (κ1) is 17.8. The van der Waals surface area contributed by atoms with Gasteiger partial charge in [-0.05, 0) is 80.6 Å². The van der Waals surface area contributed by atoms with Gasteiger partial charge in [0.05, 0.1) is 11.1 Å². The highest BCUT2D eigenvalue weighted by Gasteiger charge is 2.20. The first-order valence-corrected chi connectivity index (χ1v) is 8.16. The number of halogens is 1. The third-order valence-corrected chi connectivity index (χ3v) is 4.89. The van der Waals surface area contributed by atoms with Crippen LogP contribution in [0.15, 0.2) is 22.7 Å². The van der Waals surface area contributed by atoms with Crippen molar-refractivity contribution in [3.63, 3.8) is 0 Å². The molecule has 1 heterocycles. The fraction of sp³-hybridized carbons (Fsp3) is 0.250. The van der Waals surface area contributed by atoms with Crippen molar-refractivity contribution in [2.24, 2.45) is 0 Å². The second-order valence-corrected chi connectivity index (χ2v) is 6.50. The van der Waals surface area contributed by atoms with E-state index in [1.807, 2.05) is 20.8 Å². The van der Waals surface area contributed by atoms with E-state index in [4.69, 9.17) is 4.52 Å². The van der Waals surface area contributed by atoms with E-state index in [1.54, 1.807) is 26.0 Å². The molecule has 1 N–H and O–H groups in total. The zero-order valence-electron chi connectivity index (χ0n) is 15.3. The zero-order valence-corrected chi connectivity index (χ0v) is 15.3. The smallest absolute Gasteiger partial charge is 0.335 e. The van der Waals surface area contributed by atoms with Gasteiger partial charge < -0.3 is 9.63 Å². The van der Waals surface area contributed by atoms with Gasteiger partial charge in [0, 0.05) is 5.56 Å². The highest BCUT2D eigenvalue weighted by atomic mass is 19.1. The molecule has 0 unspecified atom stereocenters. The number of hydrogen-bond donors (Lipinski definition) is 1. The maximum absolute atomic E-state index is 14.6. The molecule has 0 saturated heterocycles. The van der Waals surface area contributed by atoms with Crippen LogP contribution in [0, 0.1) is 40.4 Å². The van der Waals surface area contributed by atoms with Gasteiger partial charge >= 0.3 is 5.97 Å². The van der Waals surface area contributed by atoms with E-state index in [9.17, 15) is 14.3 Å². The lowest BCUT2D eigenvalue weighted by Gasteiger charge is -2.08. The molecule has 6 heteroatoms. The largest absolute Gasteiger partial charge is 0.478 e. The molecule has 0 aliphatic rings. The van der Waals surface area contributed by atoms with Crippen LogP contribution in [0.2, 0.25) is 0 Å². The number of aromatic carboxylic acids is 1. The molecule has 26 heavy (non-hydrogen) atoms. The summed E-state index contributed by atoms with van der Waals surface area (Å²) in [6, 6.07) is 4.97. The number of carboxylic acids is 1. The Balaban J connectivity index is 2.11. The number of benzene rings is 2. The number of hydrogen-bond acceptors (Lipinski definition) is 4. The van der Waals surface area contributed by atoms with E-state index >= 15 is 0 Å². The fourth-order valence-corrected chi connectivity index (χ4v) is 2.87. The summed E-state index contributed by atoms with van der Waals surface area (Å²) < 4.78 is 19.9. The predicted octanol–water partition coefficient (Wildman–Crippen LogP) is 4.78. The number of carbonyl (C=O) groups is 1. The highest BCUT2D eigenvalue weighted by Crippen LogP contribution is 2.30. The predicted molar refractivity (Wildman–Crippen MR) is 95.8 cm³/mol.